The maximum atomic E-state index is 10.5. The molecule has 1 unspecified atom stereocenters. The SMILES string of the molecule is CCC(O)(Cc1cccc(OC)c1)C(C)C. The van der Waals surface area contributed by atoms with Gasteiger partial charge in [-0.15, -0.1) is 0 Å². The fourth-order valence-electron chi connectivity index (χ4n) is 1.87. The van der Waals surface area contributed by atoms with E-state index >= 15 is 0 Å². The molecule has 2 nitrogen and oxygen atoms in total. The highest BCUT2D eigenvalue weighted by Crippen LogP contribution is 2.27. The highest BCUT2D eigenvalue weighted by Gasteiger charge is 2.28. The van der Waals surface area contributed by atoms with Gasteiger partial charge in [0.05, 0.1) is 12.7 Å². The number of rotatable bonds is 5. The molecule has 1 N–H and O–H groups in total. The van der Waals surface area contributed by atoms with Gasteiger partial charge in [-0.25, -0.2) is 0 Å². The Morgan fingerprint density at radius 1 is 1.38 bits per heavy atom. The number of methoxy groups -OCH3 is 1. The molecule has 0 radical (unpaired) electrons. The second-order valence-electron chi connectivity index (χ2n) is 4.64. The van der Waals surface area contributed by atoms with Gasteiger partial charge >= 0.3 is 0 Å². The first-order chi connectivity index (χ1) is 7.51. The summed E-state index contributed by atoms with van der Waals surface area (Å²) in [6, 6.07) is 7.91. The van der Waals surface area contributed by atoms with Crippen LogP contribution in [0.15, 0.2) is 24.3 Å². The molecule has 0 bridgehead atoms. The van der Waals surface area contributed by atoms with Gasteiger partial charge in [-0.3, -0.25) is 0 Å². The Morgan fingerprint density at radius 2 is 2.06 bits per heavy atom. The average Bonchev–Trinajstić information content (AvgIpc) is 2.29. The average molecular weight is 222 g/mol. The van der Waals surface area contributed by atoms with Crippen molar-refractivity contribution in [3.05, 3.63) is 29.8 Å². The minimum Gasteiger partial charge on any atom is -0.497 e. The largest absolute Gasteiger partial charge is 0.497 e. The Bertz CT molecular complexity index is 333. The lowest BCUT2D eigenvalue weighted by atomic mass is 9.82. The Morgan fingerprint density at radius 3 is 2.56 bits per heavy atom. The molecule has 0 heterocycles. The Kier molecular flexibility index (Phi) is 4.36. The van der Waals surface area contributed by atoms with Crippen LogP contribution in [0.3, 0.4) is 0 Å². The van der Waals surface area contributed by atoms with Crippen LogP contribution in [0.2, 0.25) is 0 Å². The smallest absolute Gasteiger partial charge is 0.119 e. The highest BCUT2D eigenvalue weighted by molar-refractivity contribution is 5.29. The summed E-state index contributed by atoms with van der Waals surface area (Å²) >= 11 is 0. The van der Waals surface area contributed by atoms with E-state index < -0.39 is 5.60 Å². The summed E-state index contributed by atoms with van der Waals surface area (Å²) < 4.78 is 5.18. The number of hydrogen-bond donors (Lipinski definition) is 1. The van der Waals surface area contributed by atoms with Crippen LogP contribution in [-0.4, -0.2) is 17.8 Å². The number of aliphatic hydroxyl groups is 1. The van der Waals surface area contributed by atoms with Crippen LogP contribution >= 0.6 is 0 Å². The lowest BCUT2D eigenvalue weighted by molar-refractivity contribution is -0.00831. The molecule has 0 aliphatic heterocycles. The summed E-state index contributed by atoms with van der Waals surface area (Å²) in [5.41, 5.74) is 0.504. The molecule has 2 heteroatoms. The summed E-state index contributed by atoms with van der Waals surface area (Å²) in [7, 11) is 1.66. The van der Waals surface area contributed by atoms with E-state index in [4.69, 9.17) is 4.74 Å². The number of benzene rings is 1. The highest BCUT2D eigenvalue weighted by atomic mass is 16.5. The van der Waals surface area contributed by atoms with Crippen molar-refractivity contribution in [3.63, 3.8) is 0 Å². The van der Waals surface area contributed by atoms with Crippen molar-refractivity contribution in [3.8, 4) is 5.75 Å². The molecule has 1 aromatic rings. The van der Waals surface area contributed by atoms with Gasteiger partial charge in [0.2, 0.25) is 0 Å². The van der Waals surface area contributed by atoms with Gasteiger partial charge < -0.3 is 9.84 Å². The molecule has 1 rings (SSSR count). The van der Waals surface area contributed by atoms with Gasteiger partial charge in [0.25, 0.3) is 0 Å². The monoisotopic (exact) mass is 222 g/mol. The van der Waals surface area contributed by atoms with Crippen LogP contribution in [0.1, 0.15) is 32.8 Å². The first-order valence-corrected chi connectivity index (χ1v) is 5.87. The summed E-state index contributed by atoms with van der Waals surface area (Å²) in [6.07, 6.45) is 1.44. The summed E-state index contributed by atoms with van der Waals surface area (Å²) in [5, 5.41) is 10.5. The molecule has 0 spiro atoms. The van der Waals surface area contributed by atoms with E-state index in [1.165, 1.54) is 0 Å². The van der Waals surface area contributed by atoms with Crippen molar-refractivity contribution in [2.24, 2.45) is 5.92 Å². The third-order valence-electron chi connectivity index (χ3n) is 3.33. The second-order valence-corrected chi connectivity index (χ2v) is 4.64. The molecule has 0 amide bonds. The topological polar surface area (TPSA) is 29.5 Å². The van der Waals surface area contributed by atoms with E-state index in [-0.39, 0.29) is 5.92 Å². The fourth-order valence-corrected chi connectivity index (χ4v) is 1.87. The Hall–Kier alpha value is -1.02. The predicted octanol–water partition coefficient (Wildman–Crippen LogP) is 3.03. The maximum absolute atomic E-state index is 10.5. The van der Waals surface area contributed by atoms with Crippen LogP contribution in [0.5, 0.6) is 5.75 Å². The van der Waals surface area contributed by atoms with Crippen molar-refractivity contribution in [2.75, 3.05) is 7.11 Å². The van der Waals surface area contributed by atoms with Gasteiger partial charge in [-0.05, 0) is 30.0 Å². The molecular formula is C14H22O2. The van der Waals surface area contributed by atoms with Crippen molar-refractivity contribution in [1.29, 1.82) is 0 Å². The second kappa shape index (κ2) is 5.35. The van der Waals surface area contributed by atoms with Crippen LogP contribution in [0.4, 0.5) is 0 Å². The van der Waals surface area contributed by atoms with E-state index in [1.807, 2.05) is 31.2 Å². The van der Waals surface area contributed by atoms with Gasteiger partial charge in [0, 0.05) is 6.42 Å². The molecule has 0 aromatic heterocycles. The van der Waals surface area contributed by atoms with Gasteiger partial charge in [0.1, 0.15) is 5.75 Å². The van der Waals surface area contributed by atoms with Crippen molar-refractivity contribution in [2.45, 2.75) is 39.2 Å². The third kappa shape index (κ3) is 2.99. The van der Waals surface area contributed by atoms with Crippen molar-refractivity contribution in [1.82, 2.24) is 0 Å². The summed E-state index contributed by atoms with van der Waals surface area (Å²) in [6.45, 7) is 6.15. The molecule has 1 aromatic carbocycles. The van der Waals surface area contributed by atoms with Crippen LogP contribution < -0.4 is 4.74 Å². The molecular weight excluding hydrogens is 200 g/mol. The fraction of sp³-hybridized carbons (Fsp3) is 0.571. The summed E-state index contributed by atoms with van der Waals surface area (Å²) in [4.78, 5) is 0. The zero-order valence-electron chi connectivity index (χ0n) is 10.7. The molecule has 16 heavy (non-hydrogen) atoms. The Labute approximate surface area is 98.3 Å². The first-order valence-electron chi connectivity index (χ1n) is 5.87. The maximum Gasteiger partial charge on any atom is 0.119 e. The minimum absolute atomic E-state index is 0.253. The molecule has 90 valence electrons. The van der Waals surface area contributed by atoms with Crippen LogP contribution in [0, 0.1) is 5.92 Å². The van der Waals surface area contributed by atoms with Crippen molar-refractivity contribution >= 4 is 0 Å². The van der Waals surface area contributed by atoms with Crippen LogP contribution in [0.25, 0.3) is 0 Å². The van der Waals surface area contributed by atoms with E-state index in [1.54, 1.807) is 7.11 Å². The standard InChI is InChI=1S/C14H22O2/c1-5-14(15,11(2)3)10-12-7-6-8-13(9-12)16-4/h6-9,11,15H,5,10H2,1-4H3. The predicted molar refractivity (Wildman–Crippen MR) is 66.8 cm³/mol. The van der Waals surface area contributed by atoms with Gasteiger partial charge in [-0.2, -0.15) is 0 Å². The normalized spacial score (nSPS) is 14.9. The van der Waals surface area contributed by atoms with E-state index in [9.17, 15) is 5.11 Å². The Balaban J connectivity index is 2.85. The molecule has 0 fully saturated rings. The molecule has 0 saturated carbocycles. The zero-order chi connectivity index (χ0) is 12.2. The molecule has 1 atom stereocenters. The van der Waals surface area contributed by atoms with Crippen molar-refractivity contribution < 1.29 is 9.84 Å². The molecule has 0 aliphatic carbocycles. The molecule has 0 aliphatic rings. The molecule has 0 saturated heterocycles. The number of ether oxygens (including phenoxy) is 1. The quantitative estimate of drug-likeness (QED) is 0.829. The first kappa shape index (κ1) is 13.0. The van der Waals surface area contributed by atoms with E-state index in [0.29, 0.717) is 6.42 Å². The number of hydrogen-bond acceptors (Lipinski definition) is 2. The van der Waals surface area contributed by atoms with E-state index in [0.717, 1.165) is 17.7 Å². The summed E-state index contributed by atoms with van der Waals surface area (Å²) in [5.74, 6) is 1.10. The van der Waals surface area contributed by atoms with Gasteiger partial charge in [-0.1, -0.05) is 32.9 Å². The lowest BCUT2D eigenvalue weighted by Crippen LogP contribution is -2.36. The van der Waals surface area contributed by atoms with Crippen LogP contribution in [-0.2, 0) is 6.42 Å². The minimum atomic E-state index is -0.619. The van der Waals surface area contributed by atoms with Gasteiger partial charge in [0.15, 0.2) is 0 Å². The van der Waals surface area contributed by atoms with E-state index in [2.05, 4.69) is 13.8 Å². The third-order valence-corrected chi connectivity index (χ3v) is 3.33. The lowest BCUT2D eigenvalue weighted by Gasteiger charge is -2.31. The zero-order valence-corrected chi connectivity index (χ0v) is 10.7.